The van der Waals surface area contributed by atoms with Gasteiger partial charge in [-0.15, -0.1) is 0 Å². The van der Waals surface area contributed by atoms with Gasteiger partial charge in [-0.2, -0.15) is 0 Å². The lowest BCUT2D eigenvalue weighted by Crippen LogP contribution is -2.27. The molecule has 1 aromatic heterocycles. The Bertz CT molecular complexity index is 2540. The van der Waals surface area contributed by atoms with Crippen molar-refractivity contribution < 1.29 is 0 Å². The third-order valence-electron chi connectivity index (χ3n) is 10.7. The summed E-state index contributed by atoms with van der Waals surface area (Å²) in [7, 11) is 0. The van der Waals surface area contributed by atoms with Crippen LogP contribution >= 0.6 is 0 Å². The van der Waals surface area contributed by atoms with Gasteiger partial charge in [0.2, 0.25) is 0 Å². The van der Waals surface area contributed by atoms with E-state index in [4.69, 9.17) is 15.0 Å². The van der Waals surface area contributed by atoms with Gasteiger partial charge in [0.15, 0.2) is 17.5 Å². The molecule has 0 N–H and O–H groups in total. The van der Waals surface area contributed by atoms with E-state index in [9.17, 15) is 0 Å². The summed E-state index contributed by atoms with van der Waals surface area (Å²) >= 11 is 0. The molecule has 0 radical (unpaired) electrons. The second-order valence-electron chi connectivity index (χ2n) is 14.0. The molecule has 2 heterocycles. The van der Waals surface area contributed by atoms with E-state index in [0.29, 0.717) is 29.3 Å². The fraction of sp³-hybridized carbons (Fsp3) is 0.0816. The molecule has 4 aliphatic rings. The smallest absolute Gasteiger partial charge is 0.164 e. The van der Waals surface area contributed by atoms with E-state index in [1.54, 1.807) is 0 Å². The van der Waals surface area contributed by atoms with Gasteiger partial charge in [0.05, 0.1) is 6.04 Å². The number of aromatic nitrogens is 3. The highest BCUT2D eigenvalue weighted by atomic mass is 15.2. The molecular weight excluding hydrogens is 645 g/mol. The molecule has 3 aliphatic carbocycles. The molecule has 0 saturated heterocycles. The first-order valence-corrected chi connectivity index (χ1v) is 18.4. The van der Waals surface area contributed by atoms with Gasteiger partial charge >= 0.3 is 0 Å². The largest absolute Gasteiger partial charge is 0.333 e. The Hall–Kier alpha value is -6.65. The first kappa shape index (κ1) is 31.1. The summed E-state index contributed by atoms with van der Waals surface area (Å²) in [6.07, 6.45) is 23.7. The van der Waals surface area contributed by atoms with E-state index in [-0.39, 0.29) is 6.04 Å². The van der Waals surface area contributed by atoms with Gasteiger partial charge in [0.25, 0.3) is 0 Å². The Kier molecular flexibility index (Phi) is 7.72. The van der Waals surface area contributed by atoms with Gasteiger partial charge in [0, 0.05) is 45.5 Å². The summed E-state index contributed by atoms with van der Waals surface area (Å²) in [6, 6.07) is 45.0. The van der Waals surface area contributed by atoms with Crippen LogP contribution in [0.25, 0.3) is 56.4 Å². The zero-order valence-corrected chi connectivity index (χ0v) is 29.1. The molecule has 0 fully saturated rings. The first-order chi connectivity index (χ1) is 26.2. The van der Waals surface area contributed by atoms with Gasteiger partial charge in [-0.3, -0.25) is 0 Å². The highest BCUT2D eigenvalue weighted by Gasteiger charge is 2.35. The Morgan fingerprint density at radius 2 is 1.13 bits per heavy atom. The Morgan fingerprint density at radius 3 is 1.91 bits per heavy atom. The van der Waals surface area contributed by atoms with Crippen LogP contribution in [0.4, 0.5) is 11.4 Å². The third kappa shape index (κ3) is 5.79. The predicted octanol–water partition coefficient (Wildman–Crippen LogP) is 11.7. The van der Waals surface area contributed by atoms with Crippen molar-refractivity contribution in [2.24, 2.45) is 11.8 Å². The second kappa shape index (κ2) is 13.2. The normalized spacial score (nSPS) is 19.3. The maximum Gasteiger partial charge on any atom is 0.164 e. The number of hydrogen-bond donors (Lipinski definition) is 0. The van der Waals surface area contributed by atoms with Crippen molar-refractivity contribution in [3.63, 3.8) is 0 Å². The fourth-order valence-electron chi connectivity index (χ4n) is 8.03. The van der Waals surface area contributed by atoms with Crippen molar-refractivity contribution in [2.45, 2.75) is 12.5 Å². The lowest BCUT2D eigenvalue weighted by Gasteiger charge is -2.29. The van der Waals surface area contributed by atoms with Crippen molar-refractivity contribution in [1.29, 1.82) is 0 Å². The average Bonchev–Trinajstić information content (AvgIpc) is 3.58. The molecule has 4 heteroatoms. The Morgan fingerprint density at radius 1 is 0.509 bits per heavy atom. The van der Waals surface area contributed by atoms with E-state index in [2.05, 4.69) is 169 Å². The average molecular weight is 681 g/mol. The summed E-state index contributed by atoms with van der Waals surface area (Å²) in [5, 5.41) is 0. The Labute approximate surface area is 310 Å². The minimum absolute atomic E-state index is 0.212. The van der Waals surface area contributed by atoms with E-state index in [1.807, 2.05) is 24.3 Å². The molecule has 4 nitrogen and oxygen atoms in total. The van der Waals surface area contributed by atoms with Crippen molar-refractivity contribution in [3.8, 4) is 45.3 Å². The fourth-order valence-corrected chi connectivity index (χ4v) is 8.03. The highest BCUT2D eigenvalue weighted by Crippen LogP contribution is 2.49. The lowest BCUT2D eigenvalue weighted by molar-refractivity contribution is 0.663. The zero-order valence-electron chi connectivity index (χ0n) is 29.1. The third-order valence-corrected chi connectivity index (χ3v) is 10.7. The predicted molar refractivity (Wildman–Crippen MR) is 218 cm³/mol. The topological polar surface area (TPSA) is 41.9 Å². The minimum atomic E-state index is 0.212. The van der Waals surface area contributed by atoms with Crippen molar-refractivity contribution in [2.75, 3.05) is 4.90 Å². The maximum atomic E-state index is 5.11. The molecule has 0 bridgehead atoms. The molecule has 0 amide bonds. The summed E-state index contributed by atoms with van der Waals surface area (Å²) in [6.45, 7) is 0. The number of benzene rings is 5. The van der Waals surface area contributed by atoms with E-state index in [0.717, 1.165) is 34.4 Å². The molecular formula is C49H36N4. The molecule has 1 aliphatic heterocycles. The van der Waals surface area contributed by atoms with Crippen LogP contribution in [0.3, 0.4) is 0 Å². The van der Waals surface area contributed by atoms with Gasteiger partial charge in [-0.1, -0.05) is 170 Å². The van der Waals surface area contributed by atoms with Crippen LogP contribution in [0.5, 0.6) is 0 Å². The second-order valence-corrected chi connectivity index (χ2v) is 14.0. The van der Waals surface area contributed by atoms with Gasteiger partial charge in [-0.25, -0.2) is 15.0 Å². The molecule has 0 spiro atoms. The van der Waals surface area contributed by atoms with Crippen LogP contribution in [0, 0.1) is 11.8 Å². The van der Waals surface area contributed by atoms with Crippen molar-refractivity contribution in [1.82, 2.24) is 15.0 Å². The van der Waals surface area contributed by atoms with Gasteiger partial charge < -0.3 is 4.90 Å². The SMILES string of the molecule is C1=CCC2C(=C1)c1ccc(C3=CC4C=CC=CC4C=C3)cc1N2c1cccc(-c2nc(-c3ccccc3)nc(-c3ccc(-c4ccccc4)cc3)n2)c1. The number of anilines is 2. The minimum Gasteiger partial charge on any atom is -0.333 e. The lowest BCUT2D eigenvalue weighted by atomic mass is 9.81. The van der Waals surface area contributed by atoms with E-state index in [1.165, 1.54) is 33.5 Å². The highest BCUT2D eigenvalue weighted by molar-refractivity contribution is 5.95. The first-order valence-electron chi connectivity index (χ1n) is 18.4. The summed E-state index contributed by atoms with van der Waals surface area (Å²) in [4.78, 5) is 17.7. The van der Waals surface area contributed by atoms with Crippen molar-refractivity contribution in [3.05, 3.63) is 199 Å². The molecule has 252 valence electrons. The summed E-state index contributed by atoms with van der Waals surface area (Å²) < 4.78 is 0. The molecule has 53 heavy (non-hydrogen) atoms. The number of rotatable bonds is 6. The van der Waals surface area contributed by atoms with Gasteiger partial charge in [-0.05, 0) is 52.5 Å². The quantitative estimate of drug-likeness (QED) is 0.176. The standard InChI is InChI=1S/C49H36N4/c1-3-12-33(13-4-1)35-22-25-37(26-23-35)48-50-47(36-15-5-2-6-16-36)51-49(52-48)41-18-11-19-42(31-41)53-45-21-10-9-20-43(45)44-29-28-40(32-46(44)53)39-27-24-34-14-7-8-17-38(34)30-39/h1-20,22-32,34,38,45H,21H2. The van der Waals surface area contributed by atoms with Gasteiger partial charge in [0.1, 0.15) is 0 Å². The maximum absolute atomic E-state index is 5.11. The summed E-state index contributed by atoms with van der Waals surface area (Å²) in [5.74, 6) is 2.78. The van der Waals surface area contributed by atoms with Crippen LogP contribution < -0.4 is 4.90 Å². The number of nitrogens with zero attached hydrogens (tertiary/aromatic N) is 4. The van der Waals surface area contributed by atoms with E-state index >= 15 is 0 Å². The summed E-state index contributed by atoms with van der Waals surface area (Å²) in [5.41, 5.74) is 12.7. The number of fused-ring (bicyclic) bond motifs is 4. The zero-order chi connectivity index (χ0) is 35.1. The van der Waals surface area contributed by atoms with Crippen LogP contribution in [-0.2, 0) is 0 Å². The molecule has 6 aromatic rings. The molecule has 3 unspecified atom stereocenters. The molecule has 5 aromatic carbocycles. The molecule has 10 rings (SSSR count). The Balaban J connectivity index is 1.05. The monoisotopic (exact) mass is 680 g/mol. The van der Waals surface area contributed by atoms with Crippen LogP contribution in [0.15, 0.2) is 188 Å². The van der Waals surface area contributed by atoms with Crippen LogP contribution in [-0.4, -0.2) is 21.0 Å². The van der Waals surface area contributed by atoms with Crippen molar-refractivity contribution >= 4 is 22.5 Å². The molecule has 0 saturated carbocycles. The number of hydrogen-bond acceptors (Lipinski definition) is 4. The molecule has 3 atom stereocenters. The number of allylic oxidation sites excluding steroid dienone is 10. The van der Waals surface area contributed by atoms with Crippen LogP contribution in [0.2, 0.25) is 0 Å². The van der Waals surface area contributed by atoms with Crippen LogP contribution in [0.1, 0.15) is 17.5 Å². The van der Waals surface area contributed by atoms with E-state index < -0.39 is 0 Å².